The van der Waals surface area contributed by atoms with Gasteiger partial charge in [0.2, 0.25) is 0 Å². The van der Waals surface area contributed by atoms with E-state index in [-0.39, 0.29) is 5.41 Å². The number of hydrogen-bond donors (Lipinski definition) is 1. The van der Waals surface area contributed by atoms with E-state index < -0.39 is 0 Å². The van der Waals surface area contributed by atoms with E-state index >= 15 is 0 Å². The van der Waals surface area contributed by atoms with Crippen molar-refractivity contribution in [2.24, 2.45) is 0 Å². The maximum absolute atomic E-state index is 5.51. The zero-order valence-corrected chi connectivity index (χ0v) is 6.88. The van der Waals surface area contributed by atoms with Crippen molar-refractivity contribution >= 4 is 0 Å². The zero-order valence-electron chi connectivity index (χ0n) is 6.88. The zero-order chi connectivity index (χ0) is 8.44. The number of hydrogen-bond acceptors (Lipinski definition) is 1. The molecule has 0 saturated carbocycles. The molecule has 0 bridgehead atoms. The van der Waals surface area contributed by atoms with E-state index in [0.717, 1.165) is 13.1 Å². The van der Waals surface area contributed by atoms with Gasteiger partial charge in [0.25, 0.3) is 0 Å². The van der Waals surface area contributed by atoms with E-state index in [2.05, 4.69) is 23.4 Å². The van der Waals surface area contributed by atoms with Crippen LogP contribution in [0.2, 0.25) is 0 Å². The molecule has 0 aliphatic carbocycles. The highest BCUT2D eigenvalue weighted by atomic mass is 15.0. The van der Waals surface area contributed by atoms with Crippen molar-refractivity contribution < 1.29 is 0 Å². The summed E-state index contributed by atoms with van der Waals surface area (Å²) < 4.78 is 0. The first-order valence-corrected chi connectivity index (χ1v) is 4.11. The molecule has 0 amide bonds. The second-order valence-corrected chi connectivity index (χ2v) is 3.20. The van der Waals surface area contributed by atoms with Gasteiger partial charge in [-0.15, -0.1) is 6.42 Å². The Labute approximate surface area is 72.8 Å². The summed E-state index contributed by atoms with van der Waals surface area (Å²) in [5.41, 5.74) is 1.23. The number of rotatable bonds is 1. The van der Waals surface area contributed by atoms with Crippen molar-refractivity contribution in [2.45, 2.75) is 5.41 Å². The van der Waals surface area contributed by atoms with Gasteiger partial charge in [-0.1, -0.05) is 36.3 Å². The Bertz CT molecular complexity index is 304. The van der Waals surface area contributed by atoms with Crippen LogP contribution in [0.3, 0.4) is 0 Å². The highest BCUT2D eigenvalue weighted by molar-refractivity contribution is 5.38. The molecule has 1 N–H and O–H groups in total. The minimum atomic E-state index is -0.0265. The molecular formula is C11H11N. The van der Waals surface area contributed by atoms with E-state index in [9.17, 15) is 0 Å². The molecule has 1 aromatic carbocycles. The molecule has 0 radical (unpaired) electrons. The van der Waals surface area contributed by atoms with Gasteiger partial charge in [-0.05, 0) is 5.56 Å². The van der Waals surface area contributed by atoms with Crippen LogP contribution in [-0.2, 0) is 5.41 Å². The average molecular weight is 157 g/mol. The van der Waals surface area contributed by atoms with Crippen LogP contribution < -0.4 is 5.32 Å². The number of benzene rings is 1. The Morgan fingerprint density at radius 1 is 1.25 bits per heavy atom. The van der Waals surface area contributed by atoms with Crippen molar-refractivity contribution in [1.29, 1.82) is 0 Å². The van der Waals surface area contributed by atoms with Crippen LogP contribution in [0.1, 0.15) is 5.56 Å². The number of terminal acetylenes is 1. The Morgan fingerprint density at radius 3 is 2.33 bits per heavy atom. The maximum atomic E-state index is 5.51. The van der Waals surface area contributed by atoms with Crippen molar-refractivity contribution in [3.63, 3.8) is 0 Å². The monoisotopic (exact) mass is 157 g/mol. The Balaban J connectivity index is 2.36. The topological polar surface area (TPSA) is 12.0 Å². The predicted octanol–water partition coefficient (Wildman–Crippen LogP) is 1.16. The molecule has 0 atom stereocenters. The molecule has 2 rings (SSSR count). The van der Waals surface area contributed by atoms with E-state index in [0.29, 0.717) is 0 Å². The largest absolute Gasteiger partial charge is 0.313 e. The predicted molar refractivity (Wildman–Crippen MR) is 49.8 cm³/mol. The normalized spacial score (nSPS) is 19.2. The van der Waals surface area contributed by atoms with Gasteiger partial charge in [-0.25, -0.2) is 0 Å². The summed E-state index contributed by atoms with van der Waals surface area (Å²) in [4.78, 5) is 0. The fourth-order valence-electron chi connectivity index (χ4n) is 1.52. The summed E-state index contributed by atoms with van der Waals surface area (Å²) in [6, 6.07) is 10.3. The molecule has 1 aliphatic heterocycles. The van der Waals surface area contributed by atoms with E-state index in [4.69, 9.17) is 6.42 Å². The summed E-state index contributed by atoms with van der Waals surface area (Å²) in [5, 5.41) is 3.21. The van der Waals surface area contributed by atoms with Crippen LogP contribution in [0.15, 0.2) is 30.3 Å². The van der Waals surface area contributed by atoms with Crippen LogP contribution in [0.5, 0.6) is 0 Å². The molecule has 12 heavy (non-hydrogen) atoms. The first-order chi connectivity index (χ1) is 5.87. The fourth-order valence-corrected chi connectivity index (χ4v) is 1.52. The molecule has 0 unspecified atom stereocenters. The minimum absolute atomic E-state index is 0.0265. The molecule has 1 heteroatoms. The van der Waals surface area contributed by atoms with Gasteiger partial charge < -0.3 is 5.32 Å². The molecule has 1 fully saturated rings. The molecule has 1 saturated heterocycles. The molecule has 0 spiro atoms. The highest BCUT2D eigenvalue weighted by Gasteiger charge is 2.36. The van der Waals surface area contributed by atoms with E-state index in [1.807, 2.05) is 18.2 Å². The molecule has 0 aromatic heterocycles. The molecule has 1 heterocycles. The summed E-state index contributed by atoms with van der Waals surface area (Å²) in [6.07, 6.45) is 5.51. The van der Waals surface area contributed by atoms with Gasteiger partial charge in [0.1, 0.15) is 0 Å². The van der Waals surface area contributed by atoms with Gasteiger partial charge in [0.05, 0.1) is 5.41 Å². The first kappa shape index (κ1) is 7.39. The third-order valence-corrected chi connectivity index (χ3v) is 2.46. The molecule has 1 nitrogen and oxygen atoms in total. The molecule has 60 valence electrons. The number of nitrogens with one attached hydrogen (secondary N) is 1. The molecular weight excluding hydrogens is 146 g/mol. The van der Waals surface area contributed by atoms with Gasteiger partial charge in [-0.2, -0.15) is 0 Å². The fraction of sp³-hybridized carbons (Fsp3) is 0.273. The Morgan fingerprint density at radius 2 is 1.92 bits per heavy atom. The lowest BCUT2D eigenvalue weighted by Crippen LogP contribution is -2.55. The van der Waals surface area contributed by atoms with Crippen molar-refractivity contribution in [3.8, 4) is 12.3 Å². The summed E-state index contributed by atoms with van der Waals surface area (Å²) in [6.45, 7) is 1.82. The Kier molecular flexibility index (Phi) is 1.64. The van der Waals surface area contributed by atoms with Crippen molar-refractivity contribution in [3.05, 3.63) is 35.9 Å². The SMILES string of the molecule is C#CC1(c2ccccc2)CNC1. The van der Waals surface area contributed by atoms with E-state index in [1.165, 1.54) is 5.56 Å². The van der Waals surface area contributed by atoms with Crippen LogP contribution in [-0.4, -0.2) is 13.1 Å². The van der Waals surface area contributed by atoms with Crippen LogP contribution in [0.4, 0.5) is 0 Å². The summed E-state index contributed by atoms with van der Waals surface area (Å²) in [7, 11) is 0. The third-order valence-electron chi connectivity index (χ3n) is 2.46. The lowest BCUT2D eigenvalue weighted by atomic mass is 9.76. The lowest BCUT2D eigenvalue weighted by molar-refractivity contribution is 0.361. The van der Waals surface area contributed by atoms with Crippen LogP contribution in [0, 0.1) is 12.3 Å². The average Bonchev–Trinajstić information content (AvgIpc) is 2.05. The van der Waals surface area contributed by atoms with Gasteiger partial charge >= 0.3 is 0 Å². The van der Waals surface area contributed by atoms with Gasteiger partial charge in [0, 0.05) is 13.1 Å². The quantitative estimate of drug-likeness (QED) is 0.603. The van der Waals surface area contributed by atoms with Crippen molar-refractivity contribution in [1.82, 2.24) is 5.32 Å². The standard InChI is InChI=1S/C11H11N/c1-2-11(8-12-9-11)10-6-4-3-5-7-10/h1,3-7,12H,8-9H2. The van der Waals surface area contributed by atoms with Gasteiger partial charge in [-0.3, -0.25) is 0 Å². The Hall–Kier alpha value is -1.26. The van der Waals surface area contributed by atoms with Gasteiger partial charge in [0.15, 0.2) is 0 Å². The van der Waals surface area contributed by atoms with Crippen LogP contribution in [0.25, 0.3) is 0 Å². The highest BCUT2D eigenvalue weighted by Crippen LogP contribution is 2.26. The summed E-state index contributed by atoms with van der Waals surface area (Å²) >= 11 is 0. The molecule has 1 aliphatic rings. The third kappa shape index (κ3) is 0.929. The molecule has 1 aromatic rings. The lowest BCUT2D eigenvalue weighted by Gasteiger charge is -2.38. The van der Waals surface area contributed by atoms with Crippen LogP contribution >= 0.6 is 0 Å². The summed E-state index contributed by atoms with van der Waals surface area (Å²) in [5.74, 6) is 2.87. The maximum Gasteiger partial charge on any atom is 0.0808 e. The minimum Gasteiger partial charge on any atom is -0.313 e. The second-order valence-electron chi connectivity index (χ2n) is 3.20. The first-order valence-electron chi connectivity index (χ1n) is 4.11. The van der Waals surface area contributed by atoms with E-state index in [1.54, 1.807) is 0 Å². The second kappa shape index (κ2) is 2.66. The smallest absolute Gasteiger partial charge is 0.0808 e. The van der Waals surface area contributed by atoms with Crippen molar-refractivity contribution in [2.75, 3.05) is 13.1 Å².